The summed E-state index contributed by atoms with van der Waals surface area (Å²) in [5.74, 6) is -0.968. The maximum Gasteiger partial charge on any atom is 0.255 e. The molecule has 0 unspecified atom stereocenters. The Bertz CT molecular complexity index is 2550. The van der Waals surface area contributed by atoms with Gasteiger partial charge in [-0.25, -0.2) is 0 Å². The number of carbonyl (C=O) groups is 3. The minimum absolute atomic E-state index is 0.244. The summed E-state index contributed by atoms with van der Waals surface area (Å²) in [6.45, 7) is 0. The maximum absolute atomic E-state index is 13.8. The average Bonchev–Trinajstić information content (AvgIpc) is 3.64. The van der Waals surface area contributed by atoms with Gasteiger partial charge < -0.3 is 30.9 Å². The van der Waals surface area contributed by atoms with E-state index in [-0.39, 0.29) is 17.6 Å². The van der Waals surface area contributed by atoms with Crippen molar-refractivity contribution < 1.29 is 23.2 Å². The molecule has 8 aromatic rings. The first kappa shape index (κ1) is 28.4. The van der Waals surface area contributed by atoms with Crippen molar-refractivity contribution in [3.63, 3.8) is 0 Å². The molecule has 236 valence electrons. The fourth-order valence-corrected chi connectivity index (χ4v) is 6.67. The number of benzene rings is 6. The third-order valence-corrected chi connectivity index (χ3v) is 9.12. The SMILES string of the molecule is Nc1ccc2c(c1)oc1cc(NC(=O)c3ccc4c(c3)C(=O)c3cc(C(=O)Nc5ccc6c(c5)oc5cc(N)ccc56)ccc3C4)ccc12. The number of nitrogens with one attached hydrogen (secondary N) is 2. The summed E-state index contributed by atoms with van der Waals surface area (Å²) in [6, 6.07) is 32.2. The molecule has 1 aliphatic carbocycles. The Morgan fingerprint density at radius 1 is 0.510 bits per heavy atom. The quantitative estimate of drug-likeness (QED) is 0.141. The normalized spacial score (nSPS) is 12.4. The summed E-state index contributed by atoms with van der Waals surface area (Å²) in [5.41, 5.74) is 19.9. The van der Waals surface area contributed by atoms with E-state index >= 15 is 0 Å². The number of fused-ring (bicyclic) bond motifs is 8. The minimum atomic E-state index is -0.362. The van der Waals surface area contributed by atoms with Gasteiger partial charge in [-0.2, -0.15) is 0 Å². The lowest BCUT2D eigenvalue weighted by Gasteiger charge is -2.20. The van der Waals surface area contributed by atoms with Crippen molar-refractivity contribution in [3.05, 3.63) is 143 Å². The summed E-state index contributed by atoms with van der Waals surface area (Å²) in [6.07, 6.45) is 0.501. The highest BCUT2D eigenvalue weighted by atomic mass is 16.3. The smallest absolute Gasteiger partial charge is 0.255 e. The van der Waals surface area contributed by atoms with E-state index in [0.717, 1.165) is 32.7 Å². The van der Waals surface area contributed by atoms with Crippen molar-refractivity contribution in [3.8, 4) is 0 Å². The first-order valence-corrected chi connectivity index (χ1v) is 15.6. The topological polar surface area (TPSA) is 154 Å². The molecule has 49 heavy (non-hydrogen) atoms. The zero-order chi connectivity index (χ0) is 33.4. The highest BCUT2D eigenvalue weighted by Crippen LogP contribution is 2.34. The Labute approximate surface area is 278 Å². The molecule has 2 heterocycles. The van der Waals surface area contributed by atoms with E-state index < -0.39 is 0 Å². The first-order chi connectivity index (χ1) is 23.8. The molecule has 0 atom stereocenters. The number of hydrogen-bond acceptors (Lipinski definition) is 7. The molecule has 0 radical (unpaired) electrons. The van der Waals surface area contributed by atoms with E-state index in [4.69, 9.17) is 20.3 Å². The van der Waals surface area contributed by atoms with E-state index in [1.807, 2.05) is 48.5 Å². The van der Waals surface area contributed by atoms with Crippen molar-refractivity contribution in [1.29, 1.82) is 0 Å². The zero-order valence-electron chi connectivity index (χ0n) is 25.8. The number of ketones is 1. The van der Waals surface area contributed by atoms with E-state index in [1.54, 1.807) is 60.7 Å². The van der Waals surface area contributed by atoms with E-state index in [0.29, 0.717) is 73.8 Å². The molecule has 0 fully saturated rings. The highest BCUT2D eigenvalue weighted by Gasteiger charge is 2.26. The van der Waals surface area contributed by atoms with Gasteiger partial charge in [-0.15, -0.1) is 0 Å². The maximum atomic E-state index is 13.8. The predicted molar refractivity (Wildman–Crippen MR) is 191 cm³/mol. The molecule has 6 aromatic carbocycles. The lowest BCUT2D eigenvalue weighted by Crippen LogP contribution is -2.19. The molecule has 2 amide bonds. The van der Waals surface area contributed by atoms with Crippen molar-refractivity contribution in [1.82, 2.24) is 0 Å². The summed E-state index contributed by atoms with van der Waals surface area (Å²) >= 11 is 0. The fourth-order valence-electron chi connectivity index (χ4n) is 6.67. The minimum Gasteiger partial charge on any atom is -0.456 e. The molecule has 0 spiro atoms. The third kappa shape index (κ3) is 4.75. The van der Waals surface area contributed by atoms with Crippen LogP contribution < -0.4 is 22.1 Å². The highest BCUT2D eigenvalue weighted by molar-refractivity contribution is 6.16. The van der Waals surface area contributed by atoms with Gasteiger partial charge in [0, 0.05) is 90.8 Å². The molecule has 6 N–H and O–H groups in total. The van der Waals surface area contributed by atoms with E-state index in [2.05, 4.69) is 10.6 Å². The number of hydrogen-bond donors (Lipinski definition) is 4. The number of furan rings is 2. The lowest BCUT2D eigenvalue weighted by atomic mass is 9.83. The Hall–Kier alpha value is -6.87. The van der Waals surface area contributed by atoms with Crippen LogP contribution in [0.3, 0.4) is 0 Å². The second-order valence-electron chi connectivity index (χ2n) is 12.3. The second-order valence-corrected chi connectivity index (χ2v) is 12.3. The predicted octanol–water partition coefficient (Wildman–Crippen LogP) is 8.29. The lowest BCUT2D eigenvalue weighted by molar-refractivity contribution is 0.101. The average molecular weight is 643 g/mol. The number of anilines is 4. The van der Waals surface area contributed by atoms with Gasteiger partial charge in [-0.3, -0.25) is 14.4 Å². The van der Waals surface area contributed by atoms with Crippen LogP contribution in [0.2, 0.25) is 0 Å². The summed E-state index contributed by atoms with van der Waals surface area (Å²) in [5, 5.41) is 9.53. The van der Waals surface area contributed by atoms with Crippen LogP contribution in [-0.2, 0) is 6.42 Å². The summed E-state index contributed by atoms with van der Waals surface area (Å²) < 4.78 is 11.9. The van der Waals surface area contributed by atoms with Crippen LogP contribution in [0.15, 0.2) is 118 Å². The number of nitrogens with two attached hydrogens (primary N) is 2. The van der Waals surface area contributed by atoms with Crippen LogP contribution in [0, 0.1) is 0 Å². The van der Waals surface area contributed by atoms with Gasteiger partial charge in [-0.05, 0) is 90.3 Å². The number of rotatable bonds is 4. The van der Waals surface area contributed by atoms with Crippen molar-refractivity contribution >= 4 is 84.2 Å². The van der Waals surface area contributed by atoms with Crippen LogP contribution in [0.25, 0.3) is 43.9 Å². The molecule has 9 nitrogen and oxygen atoms in total. The first-order valence-electron chi connectivity index (χ1n) is 15.6. The standard InChI is InChI=1S/C40H26N4O5/c41-24-5-9-28-30-11-7-26(18-36(30)48-34(28)16-24)43-39(46)22-3-1-20-13-21-2-4-23(15-33(21)38(45)32(20)14-22)40(47)44-27-8-12-31-29-10-6-25(42)17-35(29)49-37(31)19-27/h1-12,14-19H,13,41-42H2,(H,43,46)(H,44,47). The van der Waals surface area contributed by atoms with Crippen LogP contribution >= 0.6 is 0 Å². The van der Waals surface area contributed by atoms with Crippen molar-refractivity contribution in [2.75, 3.05) is 22.1 Å². The number of amides is 2. The monoisotopic (exact) mass is 642 g/mol. The van der Waals surface area contributed by atoms with Gasteiger partial charge in [0.2, 0.25) is 0 Å². The van der Waals surface area contributed by atoms with Crippen LogP contribution in [-0.4, -0.2) is 17.6 Å². The molecule has 0 saturated carbocycles. The molecule has 0 saturated heterocycles. The van der Waals surface area contributed by atoms with Crippen molar-refractivity contribution in [2.24, 2.45) is 0 Å². The molecule has 0 bridgehead atoms. The van der Waals surface area contributed by atoms with E-state index in [9.17, 15) is 14.4 Å². The van der Waals surface area contributed by atoms with Gasteiger partial charge in [0.25, 0.3) is 11.8 Å². The third-order valence-electron chi connectivity index (χ3n) is 9.12. The fraction of sp³-hybridized carbons (Fsp3) is 0.0250. The zero-order valence-corrected chi connectivity index (χ0v) is 25.8. The number of carbonyl (C=O) groups excluding carboxylic acids is 3. The molecule has 9 heteroatoms. The van der Waals surface area contributed by atoms with Gasteiger partial charge in [-0.1, -0.05) is 12.1 Å². The van der Waals surface area contributed by atoms with Crippen molar-refractivity contribution in [2.45, 2.75) is 6.42 Å². The van der Waals surface area contributed by atoms with Crippen LogP contribution in [0.4, 0.5) is 22.7 Å². The molecule has 1 aliphatic rings. The molecular weight excluding hydrogens is 616 g/mol. The van der Waals surface area contributed by atoms with Gasteiger partial charge in [0.05, 0.1) is 0 Å². The van der Waals surface area contributed by atoms with E-state index in [1.165, 1.54) is 0 Å². The van der Waals surface area contributed by atoms with Crippen LogP contribution in [0.1, 0.15) is 47.8 Å². The second kappa shape index (κ2) is 10.6. The largest absolute Gasteiger partial charge is 0.456 e. The Kier molecular flexibility index (Phi) is 6.12. The molecule has 2 aromatic heterocycles. The Morgan fingerprint density at radius 2 is 0.918 bits per heavy atom. The molecule has 9 rings (SSSR count). The van der Waals surface area contributed by atoms with Gasteiger partial charge in [0.1, 0.15) is 22.3 Å². The summed E-state index contributed by atoms with van der Waals surface area (Å²) in [4.78, 5) is 40.4. The molecule has 0 aliphatic heterocycles. The van der Waals surface area contributed by atoms with Gasteiger partial charge >= 0.3 is 0 Å². The Morgan fingerprint density at radius 3 is 1.37 bits per heavy atom. The Balaban J connectivity index is 0.948. The van der Waals surface area contributed by atoms with Gasteiger partial charge in [0.15, 0.2) is 5.78 Å². The molecular formula is C40H26N4O5. The number of nitrogen functional groups attached to an aromatic ring is 2. The summed E-state index contributed by atoms with van der Waals surface area (Å²) in [7, 11) is 0. The van der Waals surface area contributed by atoms with Crippen LogP contribution in [0.5, 0.6) is 0 Å².